The second-order valence-electron chi connectivity index (χ2n) is 8.15. The van der Waals surface area contributed by atoms with Crippen LogP contribution in [-0.2, 0) is 11.3 Å². The number of nitrogens with zero attached hydrogens (tertiary/aromatic N) is 1. The molecule has 1 amide bonds. The average molecular weight is 376 g/mol. The third-order valence-electron chi connectivity index (χ3n) is 5.99. The molecule has 0 radical (unpaired) electrons. The molecular weight excluding hydrogens is 340 g/mol. The van der Waals surface area contributed by atoms with Crippen LogP contribution in [0, 0.1) is 11.8 Å². The van der Waals surface area contributed by atoms with Crippen LogP contribution in [0.15, 0.2) is 18.2 Å². The van der Waals surface area contributed by atoms with Gasteiger partial charge in [0.25, 0.3) is 0 Å². The molecule has 5 nitrogen and oxygen atoms in total. The van der Waals surface area contributed by atoms with Crippen LogP contribution in [0.25, 0.3) is 0 Å². The zero-order chi connectivity index (χ0) is 19.2. The molecular formula is C22H35N2O3+. The van der Waals surface area contributed by atoms with Crippen LogP contribution in [0.2, 0.25) is 0 Å². The molecule has 2 heterocycles. The lowest BCUT2D eigenvalue weighted by Gasteiger charge is -2.36. The van der Waals surface area contributed by atoms with Gasteiger partial charge >= 0.3 is 0 Å². The van der Waals surface area contributed by atoms with E-state index in [9.17, 15) is 4.79 Å². The van der Waals surface area contributed by atoms with Crippen molar-refractivity contribution in [3.63, 3.8) is 0 Å². The van der Waals surface area contributed by atoms with Crippen molar-refractivity contribution in [1.29, 1.82) is 0 Å². The van der Waals surface area contributed by atoms with Gasteiger partial charge in [0.2, 0.25) is 5.91 Å². The highest BCUT2D eigenvalue weighted by atomic mass is 16.5. The Hall–Kier alpha value is -1.75. The lowest BCUT2D eigenvalue weighted by molar-refractivity contribution is -0.919. The standard InChI is InChI=1S/C22H34N2O3/c1-4-27-20-8-7-18(14-21(20)26-3)16-23-12-9-19(10-13-23)22(25)24-11-5-6-17(2)15-24/h7-8,14,17,19H,4-6,9-13,15-16H2,1-3H3/p+1/t17-/m0/s1. The molecule has 150 valence electrons. The Morgan fingerprint density at radius 1 is 1.22 bits per heavy atom. The summed E-state index contributed by atoms with van der Waals surface area (Å²) in [5, 5.41) is 0. The van der Waals surface area contributed by atoms with E-state index in [0.717, 1.165) is 63.5 Å². The van der Waals surface area contributed by atoms with Crippen LogP contribution in [-0.4, -0.2) is 50.7 Å². The summed E-state index contributed by atoms with van der Waals surface area (Å²) in [5.74, 6) is 2.90. The molecule has 0 aliphatic carbocycles. The highest BCUT2D eigenvalue weighted by Crippen LogP contribution is 2.28. The van der Waals surface area contributed by atoms with Crippen molar-refractivity contribution in [2.24, 2.45) is 11.8 Å². The van der Waals surface area contributed by atoms with E-state index in [1.165, 1.54) is 12.0 Å². The average Bonchev–Trinajstić information content (AvgIpc) is 2.69. The van der Waals surface area contributed by atoms with Gasteiger partial charge in [-0.15, -0.1) is 0 Å². The highest BCUT2D eigenvalue weighted by molar-refractivity contribution is 5.79. The smallest absolute Gasteiger partial charge is 0.226 e. The number of nitrogens with one attached hydrogen (secondary N) is 1. The third kappa shape index (κ3) is 5.16. The zero-order valence-corrected chi connectivity index (χ0v) is 17.1. The minimum atomic E-state index is 0.230. The van der Waals surface area contributed by atoms with Crippen LogP contribution in [0.1, 0.15) is 45.1 Å². The first-order chi connectivity index (χ1) is 13.1. The monoisotopic (exact) mass is 375 g/mol. The maximum Gasteiger partial charge on any atom is 0.226 e. The van der Waals surface area contributed by atoms with Crippen molar-refractivity contribution < 1.29 is 19.2 Å². The molecule has 2 saturated heterocycles. The normalized spacial score (nSPS) is 25.9. The van der Waals surface area contributed by atoms with Gasteiger partial charge in [-0.05, 0) is 43.9 Å². The summed E-state index contributed by atoms with van der Waals surface area (Å²) in [6.45, 7) is 9.90. The van der Waals surface area contributed by atoms with E-state index in [-0.39, 0.29) is 5.92 Å². The predicted octanol–water partition coefficient (Wildman–Crippen LogP) is 2.15. The van der Waals surface area contributed by atoms with E-state index in [2.05, 4.69) is 24.0 Å². The topological polar surface area (TPSA) is 43.2 Å². The van der Waals surface area contributed by atoms with Gasteiger partial charge in [-0.25, -0.2) is 0 Å². The van der Waals surface area contributed by atoms with E-state index < -0.39 is 0 Å². The van der Waals surface area contributed by atoms with Crippen LogP contribution < -0.4 is 14.4 Å². The number of quaternary nitrogens is 1. The van der Waals surface area contributed by atoms with Gasteiger partial charge in [0, 0.05) is 37.4 Å². The van der Waals surface area contributed by atoms with Gasteiger partial charge in [-0.3, -0.25) is 4.79 Å². The molecule has 2 fully saturated rings. The molecule has 2 aliphatic heterocycles. The first-order valence-corrected chi connectivity index (χ1v) is 10.5. The van der Waals surface area contributed by atoms with Crippen LogP contribution in [0.5, 0.6) is 11.5 Å². The fourth-order valence-corrected chi connectivity index (χ4v) is 4.48. The number of piperidine rings is 2. The molecule has 1 N–H and O–H groups in total. The molecule has 0 unspecified atom stereocenters. The molecule has 0 aromatic heterocycles. The van der Waals surface area contributed by atoms with Gasteiger partial charge in [0.05, 0.1) is 26.8 Å². The number of benzene rings is 1. The number of methoxy groups -OCH3 is 1. The maximum atomic E-state index is 12.8. The fraction of sp³-hybridized carbons (Fsp3) is 0.682. The molecule has 1 aromatic carbocycles. The Bertz CT molecular complexity index is 626. The lowest BCUT2D eigenvalue weighted by atomic mass is 9.92. The Balaban J connectivity index is 1.51. The second kappa shape index (κ2) is 9.45. The Morgan fingerprint density at radius 2 is 2.00 bits per heavy atom. The van der Waals surface area contributed by atoms with E-state index in [4.69, 9.17) is 9.47 Å². The van der Waals surface area contributed by atoms with Gasteiger partial charge < -0.3 is 19.3 Å². The molecule has 1 atom stereocenters. The number of rotatable bonds is 6. The Morgan fingerprint density at radius 3 is 2.67 bits per heavy atom. The number of hydrogen-bond donors (Lipinski definition) is 1. The van der Waals surface area contributed by atoms with Crippen LogP contribution >= 0.6 is 0 Å². The minimum absolute atomic E-state index is 0.230. The molecule has 0 saturated carbocycles. The number of ether oxygens (including phenoxy) is 2. The zero-order valence-electron chi connectivity index (χ0n) is 17.1. The number of carbonyl (C=O) groups excluding carboxylic acids is 1. The molecule has 27 heavy (non-hydrogen) atoms. The predicted molar refractivity (Wildman–Crippen MR) is 106 cm³/mol. The summed E-state index contributed by atoms with van der Waals surface area (Å²) in [6, 6.07) is 6.22. The minimum Gasteiger partial charge on any atom is -0.493 e. The quantitative estimate of drug-likeness (QED) is 0.829. The molecule has 0 bridgehead atoms. The fourth-order valence-electron chi connectivity index (χ4n) is 4.48. The van der Waals surface area contributed by atoms with Gasteiger partial charge in [0.15, 0.2) is 11.5 Å². The van der Waals surface area contributed by atoms with E-state index in [0.29, 0.717) is 18.4 Å². The molecule has 1 aromatic rings. The summed E-state index contributed by atoms with van der Waals surface area (Å²) in [4.78, 5) is 16.5. The second-order valence-corrected chi connectivity index (χ2v) is 8.15. The third-order valence-corrected chi connectivity index (χ3v) is 5.99. The van der Waals surface area contributed by atoms with Crippen molar-refractivity contribution in [1.82, 2.24) is 4.90 Å². The number of hydrogen-bond acceptors (Lipinski definition) is 3. The molecule has 3 rings (SSSR count). The SMILES string of the molecule is CCOc1ccc(C[NH+]2CCC(C(=O)N3CCC[C@H](C)C3)CC2)cc1OC. The van der Waals surface area contributed by atoms with Crippen molar-refractivity contribution in [2.45, 2.75) is 46.1 Å². The number of amides is 1. The van der Waals surface area contributed by atoms with E-state index >= 15 is 0 Å². The van der Waals surface area contributed by atoms with Crippen LogP contribution in [0.3, 0.4) is 0 Å². The summed E-state index contributed by atoms with van der Waals surface area (Å²) < 4.78 is 11.1. The van der Waals surface area contributed by atoms with Gasteiger partial charge in [-0.1, -0.05) is 6.92 Å². The van der Waals surface area contributed by atoms with E-state index in [1.54, 1.807) is 12.0 Å². The van der Waals surface area contributed by atoms with Crippen molar-refractivity contribution >= 4 is 5.91 Å². The first kappa shape index (κ1) is 20.0. The Labute approximate surface area is 163 Å². The van der Waals surface area contributed by atoms with Gasteiger partial charge in [-0.2, -0.15) is 0 Å². The largest absolute Gasteiger partial charge is 0.493 e. The first-order valence-electron chi connectivity index (χ1n) is 10.5. The summed E-state index contributed by atoms with van der Waals surface area (Å²) in [5.41, 5.74) is 1.26. The summed E-state index contributed by atoms with van der Waals surface area (Å²) in [6.07, 6.45) is 4.44. The number of carbonyl (C=O) groups is 1. The van der Waals surface area contributed by atoms with E-state index in [1.807, 2.05) is 13.0 Å². The summed E-state index contributed by atoms with van der Waals surface area (Å²) >= 11 is 0. The maximum absolute atomic E-state index is 12.8. The molecule has 0 spiro atoms. The van der Waals surface area contributed by atoms with Crippen LogP contribution in [0.4, 0.5) is 0 Å². The Kier molecular flexibility index (Phi) is 7.00. The van der Waals surface area contributed by atoms with Crippen molar-refractivity contribution in [3.05, 3.63) is 23.8 Å². The van der Waals surface area contributed by atoms with Gasteiger partial charge in [0.1, 0.15) is 6.54 Å². The lowest BCUT2D eigenvalue weighted by Crippen LogP contribution is -3.11. The highest BCUT2D eigenvalue weighted by Gasteiger charge is 2.32. The number of likely N-dealkylation sites (tertiary alicyclic amines) is 2. The van der Waals surface area contributed by atoms with Crippen molar-refractivity contribution in [3.8, 4) is 11.5 Å². The van der Waals surface area contributed by atoms with Crippen molar-refractivity contribution in [2.75, 3.05) is 39.9 Å². The molecule has 2 aliphatic rings. The molecule has 5 heteroatoms. The summed E-state index contributed by atoms with van der Waals surface area (Å²) in [7, 11) is 1.69.